The normalized spacial score (nSPS) is 30.9. The first-order valence-electron chi connectivity index (χ1n) is 13.1. The fourth-order valence-electron chi connectivity index (χ4n) is 6.80. The zero-order chi connectivity index (χ0) is 25.2. The number of para-hydroxylation sites is 2. The van der Waals surface area contributed by atoms with Crippen molar-refractivity contribution in [2.75, 3.05) is 11.5 Å². The fraction of sp³-hybridized carbons (Fsp3) is 0.483. The van der Waals surface area contributed by atoms with Crippen molar-refractivity contribution in [1.82, 2.24) is 5.32 Å². The fourth-order valence-corrected chi connectivity index (χ4v) is 6.80. The maximum Gasteiger partial charge on any atom is 0.407 e. The quantitative estimate of drug-likeness (QED) is 0.591. The Hall–Kier alpha value is -3.35. The molecule has 190 valence electrons. The van der Waals surface area contributed by atoms with Crippen LogP contribution in [0.15, 0.2) is 60.7 Å². The van der Waals surface area contributed by atoms with Crippen LogP contribution in [0.2, 0.25) is 0 Å². The number of benzene rings is 2. The Morgan fingerprint density at radius 2 is 1.64 bits per heavy atom. The first-order chi connectivity index (χ1) is 17.5. The summed E-state index contributed by atoms with van der Waals surface area (Å²) in [5.41, 5.74) is 1.62. The van der Waals surface area contributed by atoms with Crippen LogP contribution in [-0.4, -0.2) is 36.7 Å². The number of nitrogens with zero attached hydrogens (tertiary/aromatic N) is 1. The molecule has 2 aromatic rings. The van der Waals surface area contributed by atoms with Crippen molar-refractivity contribution >= 4 is 29.3 Å². The van der Waals surface area contributed by atoms with E-state index in [-0.39, 0.29) is 53.6 Å². The van der Waals surface area contributed by atoms with Gasteiger partial charge < -0.3 is 14.8 Å². The summed E-state index contributed by atoms with van der Waals surface area (Å²) in [7, 11) is 0. The van der Waals surface area contributed by atoms with Gasteiger partial charge in [-0.2, -0.15) is 0 Å². The van der Waals surface area contributed by atoms with Crippen molar-refractivity contribution in [1.29, 1.82) is 0 Å². The van der Waals surface area contributed by atoms with Gasteiger partial charge in [0, 0.05) is 29.3 Å². The van der Waals surface area contributed by atoms with Gasteiger partial charge in [-0.25, -0.2) is 4.79 Å². The summed E-state index contributed by atoms with van der Waals surface area (Å²) in [6.45, 7) is 4.03. The molecule has 7 atom stereocenters. The predicted molar refractivity (Wildman–Crippen MR) is 135 cm³/mol. The van der Waals surface area contributed by atoms with E-state index in [4.69, 9.17) is 9.47 Å². The molecule has 0 bridgehead atoms. The number of carbonyl (C=O) groups excluding carboxylic acids is 3. The highest BCUT2D eigenvalue weighted by Crippen LogP contribution is 2.54. The van der Waals surface area contributed by atoms with E-state index in [1.54, 1.807) is 6.92 Å². The average molecular weight is 491 g/mol. The topological polar surface area (TPSA) is 84.9 Å². The summed E-state index contributed by atoms with van der Waals surface area (Å²) in [6.07, 6.45) is 2.30. The average Bonchev–Trinajstić information content (AvgIpc) is 3.16. The highest BCUT2D eigenvalue weighted by atomic mass is 16.6. The minimum absolute atomic E-state index is 0.0130. The van der Waals surface area contributed by atoms with Gasteiger partial charge in [0.05, 0.1) is 12.5 Å². The molecule has 1 unspecified atom stereocenters. The molecule has 1 aliphatic heterocycles. The Balaban J connectivity index is 1.49. The van der Waals surface area contributed by atoms with Crippen molar-refractivity contribution in [2.24, 2.45) is 29.6 Å². The lowest BCUT2D eigenvalue weighted by Gasteiger charge is -2.48. The molecule has 3 fully saturated rings. The summed E-state index contributed by atoms with van der Waals surface area (Å²) >= 11 is 0. The number of nitrogens with one attached hydrogen (secondary N) is 1. The number of hydrogen-bond acceptors (Lipinski definition) is 5. The number of esters is 1. The number of amides is 2. The molecule has 2 saturated carbocycles. The van der Waals surface area contributed by atoms with Gasteiger partial charge in [0.15, 0.2) is 0 Å². The highest BCUT2D eigenvalue weighted by Gasteiger charge is 2.58. The predicted octanol–water partition coefficient (Wildman–Crippen LogP) is 5.08. The van der Waals surface area contributed by atoms with Crippen LogP contribution in [0.3, 0.4) is 0 Å². The number of anilines is 2. The summed E-state index contributed by atoms with van der Waals surface area (Å²) in [4.78, 5) is 41.3. The first-order valence-corrected chi connectivity index (χ1v) is 13.1. The number of carbonyl (C=O) groups is 3. The third kappa shape index (κ3) is 4.59. The second-order valence-electron chi connectivity index (χ2n) is 10.2. The van der Waals surface area contributed by atoms with Crippen LogP contribution in [0.25, 0.3) is 0 Å². The van der Waals surface area contributed by atoms with Crippen molar-refractivity contribution in [3.05, 3.63) is 60.7 Å². The molecule has 1 N–H and O–H groups in total. The summed E-state index contributed by atoms with van der Waals surface area (Å²) in [5, 5.41) is 2.98. The summed E-state index contributed by atoms with van der Waals surface area (Å²) < 4.78 is 10.8. The van der Waals surface area contributed by atoms with Gasteiger partial charge in [0.2, 0.25) is 5.91 Å². The Bertz CT molecular complexity index is 1050. The van der Waals surface area contributed by atoms with E-state index in [1.807, 2.05) is 72.5 Å². The Morgan fingerprint density at radius 3 is 2.25 bits per heavy atom. The van der Waals surface area contributed by atoms with Gasteiger partial charge in [-0.05, 0) is 75.6 Å². The molecule has 5 rings (SSSR count). The molecular formula is C29H34N2O5. The summed E-state index contributed by atoms with van der Waals surface area (Å²) in [6, 6.07) is 19.4. The molecule has 36 heavy (non-hydrogen) atoms. The largest absolute Gasteiger partial charge is 0.462 e. The van der Waals surface area contributed by atoms with Crippen molar-refractivity contribution in [2.45, 2.75) is 51.7 Å². The molecule has 0 spiro atoms. The minimum Gasteiger partial charge on any atom is -0.462 e. The van der Waals surface area contributed by atoms with Crippen molar-refractivity contribution in [3.63, 3.8) is 0 Å². The van der Waals surface area contributed by atoms with E-state index < -0.39 is 6.09 Å². The number of fused-ring (bicyclic) bond motifs is 2. The third-order valence-corrected chi connectivity index (χ3v) is 8.22. The number of rotatable bonds is 5. The van der Waals surface area contributed by atoms with Crippen LogP contribution in [0.5, 0.6) is 0 Å². The van der Waals surface area contributed by atoms with Gasteiger partial charge >= 0.3 is 12.1 Å². The molecule has 0 radical (unpaired) electrons. The van der Waals surface area contributed by atoms with Gasteiger partial charge in [-0.15, -0.1) is 0 Å². The summed E-state index contributed by atoms with van der Waals surface area (Å²) in [5.74, 6) is -0.730. The monoisotopic (exact) mass is 490 g/mol. The van der Waals surface area contributed by atoms with Gasteiger partial charge in [0.1, 0.15) is 6.10 Å². The zero-order valence-corrected chi connectivity index (χ0v) is 20.8. The van der Waals surface area contributed by atoms with E-state index in [9.17, 15) is 14.4 Å². The van der Waals surface area contributed by atoms with E-state index in [0.717, 1.165) is 30.6 Å². The molecule has 2 aromatic carbocycles. The smallest absolute Gasteiger partial charge is 0.407 e. The van der Waals surface area contributed by atoms with Crippen LogP contribution in [0.4, 0.5) is 16.2 Å². The van der Waals surface area contributed by atoms with Gasteiger partial charge in [-0.1, -0.05) is 36.4 Å². The Morgan fingerprint density at radius 1 is 1.00 bits per heavy atom. The lowest BCUT2D eigenvalue weighted by molar-refractivity contribution is -0.144. The standard InChI is InChI=1S/C29H34N2O5/c1-3-35-29(34)30-20-14-15-23-19(16-20)17-24-25(18(2)36-28(24)33)26(23)27(32)31(21-10-6-4-7-11-21)22-12-8-5-9-13-22/h4-13,18-20,23-26H,3,14-17H2,1-2H3,(H,30,34)/t18-,19+,20-,23-,24-,25?,26+/m1/s1. The second kappa shape index (κ2) is 10.3. The lowest BCUT2D eigenvalue weighted by Crippen LogP contribution is -2.53. The maximum atomic E-state index is 14.6. The molecule has 2 aliphatic carbocycles. The number of hydrogen-bond donors (Lipinski definition) is 1. The first kappa shape index (κ1) is 24.3. The van der Waals surface area contributed by atoms with E-state index in [2.05, 4.69) is 5.32 Å². The molecule has 1 saturated heterocycles. The van der Waals surface area contributed by atoms with Crippen LogP contribution in [-0.2, 0) is 19.1 Å². The van der Waals surface area contributed by atoms with Gasteiger partial charge in [0.25, 0.3) is 0 Å². The Labute approximate surface area is 212 Å². The molecule has 7 nitrogen and oxygen atoms in total. The lowest BCUT2D eigenvalue weighted by atomic mass is 9.56. The van der Waals surface area contributed by atoms with E-state index >= 15 is 0 Å². The van der Waals surface area contributed by atoms with Crippen LogP contribution in [0.1, 0.15) is 39.5 Å². The molecule has 0 aromatic heterocycles. The third-order valence-electron chi connectivity index (χ3n) is 8.22. The second-order valence-corrected chi connectivity index (χ2v) is 10.2. The maximum absolute atomic E-state index is 14.6. The van der Waals surface area contributed by atoms with Crippen molar-refractivity contribution < 1.29 is 23.9 Å². The van der Waals surface area contributed by atoms with Crippen LogP contribution < -0.4 is 10.2 Å². The SMILES string of the molecule is CCOC(=O)N[C@@H]1CC[C@@H]2[C@@H](C1)C[C@H]1C(=O)O[C@H](C)C1[C@H]2C(=O)N(c1ccccc1)c1ccccc1. The highest BCUT2D eigenvalue weighted by molar-refractivity contribution is 6.02. The Kier molecular flexibility index (Phi) is 6.99. The number of cyclic esters (lactones) is 1. The van der Waals surface area contributed by atoms with Crippen molar-refractivity contribution in [3.8, 4) is 0 Å². The van der Waals surface area contributed by atoms with Crippen LogP contribution in [0, 0.1) is 29.6 Å². The number of ether oxygens (including phenoxy) is 2. The molecular weight excluding hydrogens is 456 g/mol. The zero-order valence-electron chi connectivity index (χ0n) is 20.8. The molecule has 1 heterocycles. The minimum atomic E-state index is -0.407. The molecule has 3 aliphatic rings. The molecule has 2 amide bonds. The molecule has 7 heteroatoms. The van der Waals surface area contributed by atoms with Crippen LogP contribution >= 0.6 is 0 Å². The van der Waals surface area contributed by atoms with E-state index in [0.29, 0.717) is 13.0 Å². The van der Waals surface area contributed by atoms with Gasteiger partial charge in [-0.3, -0.25) is 14.5 Å². The number of alkyl carbamates (subject to hydrolysis) is 1. The van der Waals surface area contributed by atoms with E-state index in [1.165, 1.54) is 0 Å².